The van der Waals surface area contributed by atoms with Crippen molar-refractivity contribution in [3.63, 3.8) is 0 Å². The fourth-order valence-electron chi connectivity index (χ4n) is 2.22. The Labute approximate surface area is 108 Å². The maximum absolute atomic E-state index is 14.3. The lowest BCUT2D eigenvalue weighted by Gasteiger charge is -2.28. The fraction of sp³-hybridized carbons (Fsp3) is 0.385. The molecule has 0 amide bonds. The molecule has 0 spiro atoms. The molecule has 0 bridgehead atoms. The smallest absolute Gasteiger partial charge is 0.141 e. The van der Waals surface area contributed by atoms with Gasteiger partial charge in [0.15, 0.2) is 0 Å². The molecule has 2 atom stereocenters. The molecule has 2 unspecified atom stereocenters. The third-order valence-electron chi connectivity index (χ3n) is 3.20. The highest BCUT2D eigenvalue weighted by atomic mass is 32.2. The number of hydrogen-bond donors (Lipinski definition) is 1. The minimum atomic E-state index is -0.524. The fourth-order valence-corrected chi connectivity index (χ4v) is 3.46. The maximum atomic E-state index is 14.3. The summed E-state index contributed by atoms with van der Waals surface area (Å²) < 4.78 is 33.3. The van der Waals surface area contributed by atoms with E-state index in [9.17, 15) is 8.78 Å². The number of fused-ring (bicyclic) bond motifs is 1. The lowest BCUT2D eigenvalue weighted by atomic mass is 10.1. The Morgan fingerprint density at radius 2 is 2.28 bits per heavy atom. The minimum absolute atomic E-state index is 0.160. The van der Waals surface area contributed by atoms with Crippen molar-refractivity contribution in [2.45, 2.75) is 18.2 Å². The van der Waals surface area contributed by atoms with Crippen LogP contribution in [0.25, 0.3) is 11.0 Å². The second-order valence-electron chi connectivity index (χ2n) is 4.55. The molecular formula is C13H13F2NOS. The molecule has 2 heterocycles. The lowest BCUT2D eigenvalue weighted by molar-refractivity contribution is 0.522. The quantitative estimate of drug-likeness (QED) is 0.858. The van der Waals surface area contributed by atoms with Gasteiger partial charge in [0.05, 0.1) is 11.6 Å². The summed E-state index contributed by atoms with van der Waals surface area (Å²) in [6.07, 6.45) is 1.38. The highest BCUT2D eigenvalue weighted by Gasteiger charge is 2.27. The normalized spacial score (nSPS) is 24.6. The van der Waals surface area contributed by atoms with E-state index < -0.39 is 11.6 Å². The van der Waals surface area contributed by atoms with Gasteiger partial charge >= 0.3 is 0 Å². The molecule has 5 heteroatoms. The summed E-state index contributed by atoms with van der Waals surface area (Å²) in [4.78, 5) is 0. The summed E-state index contributed by atoms with van der Waals surface area (Å²) in [5.41, 5.74) is 0.421. The Morgan fingerprint density at radius 1 is 1.44 bits per heavy atom. The first-order valence-corrected chi connectivity index (χ1v) is 6.92. The molecule has 2 aromatic rings. The van der Waals surface area contributed by atoms with Crippen molar-refractivity contribution in [1.29, 1.82) is 0 Å². The molecule has 1 aromatic heterocycles. The first kappa shape index (κ1) is 12.0. The van der Waals surface area contributed by atoms with Crippen molar-refractivity contribution < 1.29 is 13.2 Å². The van der Waals surface area contributed by atoms with E-state index in [2.05, 4.69) is 12.2 Å². The van der Waals surface area contributed by atoms with Gasteiger partial charge < -0.3 is 9.73 Å². The van der Waals surface area contributed by atoms with Crippen LogP contribution in [0, 0.1) is 11.6 Å². The summed E-state index contributed by atoms with van der Waals surface area (Å²) in [5.74, 6) is -0.163. The second-order valence-corrected chi connectivity index (χ2v) is 5.79. The van der Waals surface area contributed by atoms with Crippen LogP contribution in [0.5, 0.6) is 0 Å². The van der Waals surface area contributed by atoms with Crippen LogP contribution >= 0.6 is 11.8 Å². The van der Waals surface area contributed by atoms with E-state index in [1.54, 1.807) is 11.8 Å². The summed E-state index contributed by atoms with van der Waals surface area (Å²) >= 11 is 1.59. The highest BCUT2D eigenvalue weighted by Crippen LogP contribution is 2.37. The molecule has 0 aliphatic carbocycles. The van der Waals surface area contributed by atoms with Crippen LogP contribution in [-0.2, 0) is 0 Å². The molecular weight excluding hydrogens is 256 g/mol. The van der Waals surface area contributed by atoms with Crippen molar-refractivity contribution in [3.8, 4) is 0 Å². The maximum Gasteiger partial charge on any atom is 0.141 e. The topological polar surface area (TPSA) is 25.2 Å². The van der Waals surface area contributed by atoms with Crippen molar-refractivity contribution >= 4 is 22.7 Å². The van der Waals surface area contributed by atoms with E-state index in [0.717, 1.165) is 5.75 Å². The number of rotatable bonds is 1. The average molecular weight is 269 g/mol. The van der Waals surface area contributed by atoms with Gasteiger partial charge in [-0.25, -0.2) is 8.78 Å². The zero-order chi connectivity index (χ0) is 12.7. The Hall–Kier alpha value is -1.07. The molecule has 96 valence electrons. The summed E-state index contributed by atoms with van der Waals surface area (Å²) in [7, 11) is 0. The van der Waals surface area contributed by atoms with E-state index >= 15 is 0 Å². The molecule has 0 radical (unpaired) electrons. The first-order chi connectivity index (χ1) is 8.66. The van der Waals surface area contributed by atoms with Crippen LogP contribution in [0.2, 0.25) is 0 Å². The van der Waals surface area contributed by atoms with E-state index in [-0.39, 0.29) is 16.4 Å². The van der Waals surface area contributed by atoms with Crippen LogP contribution in [0.3, 0.4) is 0 Å². The van der Waals surface area contributed by atoms with E-state index in [1.807, 2.05) is 0 Å². The molecule has 3 rings (SSSR count). The molecule has 1 aliphatic rings. The van der Waals surface area contributed by atoms with E-state index in [1.165, 1.54) is 18.4 Å². The molecule has 1 fully saturated rings. The van der Waals surface area contributed by atoms with Gasteiger partial charge in [-0.05, 0) is 13.0 Å². The van der Waals surface area contributed by atoms with Gasteiger partial charge in [0.25, 0.3) is 0 Å². The van der Waals surface area contributed by atoms with Gasteiger partial charge in [0.1, 0.15) is 17.2 Å². The Bertz CT molecular complexity index is 576. The standard InChI is InChI=1S/C13H13F2NOS/c1-7-6-18-11(5-16-7)12-9(14)4-10-8(13(12)15)2-3-17-10/h2-4,7,11,16H,5-6H2,1H3. The zero-order valence-electron chi connectivity index (χ0n) is 9.87. The number of benzene rings is 1. The van der Waals surface area contributed by atoms with Crippen LogP contribution in [-0.4, -0.2) is 18.3 Å². The Kier molecular flexibility index (Phi) is 3.03. The predicted molar refractivity (Wildman–Crippen MR) is 68.8 cm³/mol. The highest BCUT2D eigenvalue weighted by molar-refractivity contribution is 7.99. The second kappa shape index (κ2) is 4.55. The first-order valence-electron chi connectivity index (χ1n) is 5.87. The van der Waals surface area contributed by atoms with E-state index in [0.29, 0.717) is 18.0 Å². The van der Waals surface area contributed by atoms with Crippen molar-refractivity contribution in [2.75, 3.05) is 12.3 Å². The van der Waals surface area contributed by atoms with Gasteiger partial charge in [-0.1, -0.05) is 0 Å². The van der Waals surface area contributed by atoms with Crippen molar-refractivity contribution in [3.05, 3.63) is 35.6 Å². The Balaban J connectivity index is 2.05. The summed E-state index contributed by atoms with van der Waals surface area (Å²) in [5, 5.41) is 3.42. The largest absolute Gasteiger partial charge is 0.464 e. The molecule has 2 nitrogen and oxygen atoms in total. The van der Waals surface area contributed by atoms with Crippen LogP contribution in [0.1, 0.15) is 17.7 Å². The number of nitrogens with one attached hydrogen (secondary N) is 1. The lowest BCUT2D eigenvalue weighted by Crippen LogP contribution is -2.36. The summed E-state index contributed by atoms with van der Waals surface area (Å²) in [6.45, 7) is 2.65. The average Bonchev–Trinajstić information content (AvgIpc) is 2.80. The number of halogens is 2. The monoisotopic (exact) mass is 269 g/mol. The van der Waals surface area contributed by atoms with E-state index in [4.69, 9.17) is 4.42 Å². The molecule has 1 aliphatic heterocycles. The molecule has 1 N–H and O–H groups in total. The number of thioether (sulfide) groups is 1. The zero-order valence-corrected chi connectivity index (χ0v) is 10.7. The molecule has 1 saturated heterocycles. The van der Waals surface area contributed by atoms with Crippen molar-refractivity contribution in [1.82, 2.24) is 5.32 Å². The molecule has 18 heavy (non-hydrogen) atoms. The van der Waals surface area contributed by atoms with Crippen molar-refractivity contribution in [2.24, 2.45) is 0 Å². The van der Waals surface area contributed by atoms with Gasteiger partial charge in [-0.2, -0.15) is 11.8 Å². The third kappa shape index (κ3) is 1.91. The number of furan rings is 1. The molecule has 0 saturated carbocycles. The van der Waals surface area contributed by atoms with Gasteiger partial charge in [-0.3, -0.25) is 0 Å². The minimum Gasteiger partial charge on any atom is -0.464 e. The van der Waals surface area contributed by atoms with Crippen LogP contribution < -0.4 is 5.32 Å². The van der Waals surface area contributed by atoms with Crippen LogP contribution in [0.4, 0.5) is 8.78 Å². The third-order valence-corrected chi connectivity index (χ3v) is 4.70. The number of hydrogen-bond acceptors (Lipinski definition) is 3. The van der Waals surface area contributed by atoms with Crippen LogP contribution in [0.15, 0.2) is 22.8 Å². The Morgan fingerprint density at radius 3 is 3.00 bits per heavy atom. The predicted octanol–water partition coefficient (Wildman–Crippen LogP) is 3.48. The van der Waals surface area contributed by atoms with Gasteiger partial charge in [0, 0.05) is 35.2 Å². The summed E-state index contributed by atoms with van der Waals surface area (Å²) in [6, 6.07) is 3.19. The van der Waals surface area contributed by atoms with Gasteiger partial charge in [0.2, 0.25) is 0 Å². The van der Waals surface area contributed by atoms with Gasteiger partial charge in [-0.15, -0.1) is 0 Å². The SMILES string of the molecule is CC1CSC(c2c(F)cc3occc3c2F)CN1. The molecule has 1 aromatic carbocycles.